The summed E-state index contributed by atoms with van der Waals surface area (Å²) in [5.41, 5.74) is 0.819. The van der Waals surface area contributed by atoms with Crippen LogP contribution in [0.4, 0.5) is 0 Å². The fourth-order valence-electron chi connectivity index (χ4n) is 0.949. The molecule has 17 heavy (non-hydrogen) atoms. The summed E-state index contributed by atoms with van der Waals surface area (Å²) in [6.45, 7) is 1.75. The first-order valence-corrected chi connectivity index (χ1v) is 7.01. The minimum atomic E-state index is -4.76. The van der Waals surface area contributed by atoms with Crippen LogP contribution >= 0.6 is 0 Å². The summed E-state index contributed by atoms with van der Waals surface area (Å²) < 4.78 is 52.4. The predicted octanol–water partition coefficient (Wildman–Crippen LogP) is 0.523. The molecule has 0 bridgehead atoms. The van der Waals surface area contributed by atoms with Crippen LogP contribution in [0.15, 0.2) is 29.2 Å². The van der Waals surface area contributed by atoms with Gasteiger partial charge in [-0.05, 0) is 19.1 Å². The van der Waals surface area contributed by atoms with E-state index in [2.05, 4.69) is 12.9 Å². The lowest BCUT2D eigenvalue weighted by molar-refractivity contribution is -0.178. The van der Waals surface area contributed by atoms with E-state index in [1.165, 1.54) is 24.3 Å². The van der Waals surface area contributed by atoms with E-state index in [0.29, 0.717) is 0 Å². The molecule has 7 nitrogen and oxygen atoms in total. The molecule has 1 rings (SSSR count). The highest BCUT2D eigenvalue weighted by Crippen LogP contribution is 2.16. The van der Waals surface area contributed by atoms with Crippen molar-refractivity contribution in [2.45, 2.75) is 11.8 Å². The molecule has 0 atom stereocenters. The fourth-order valence-corrected chi connectivity index (χ4v) is 2.87. The lowest BCUT2D eigenvalue weighted by Crippen LogP contribution is -2.16. The van der Waals surface area contributed by atoms with Crippen molar-refractivity contribution in [1.29, 1.82) is 0 Å². The van der Waals surface area contributed by atoms with Crippen LogP contribution in [0.3, 0.4) is 0 Å². The maximum atomic E-state index is 11.5. The van der Waals surface area contributed by atoms with Crippen LogP contribution in [0.1, 0.15) is 5.56 Å². The fraction of sp³-hybridized carbons (Fsp3) is 0.250. The van der Waals surface area contributed by atoms with Crippen molar-refractivity contribution >= 4 is 20.5 Å². The number of aryl methyl sites for hydroxylation is 1. The van der Waals surface area contributed by atoms with E-state index in [1.54, 1.807) is 6.92 Å². The minimum Gasteiger partial charge on any atom is -0.221 e. The maximum Gasteiger partial charge on any atom is 0.441 e. The van der Waals surface area contributed by atoms with Crippen molar-refractivity contribution < 1.29 is 29.7 Å². The topological polar surface area (TPSA) is 96.0 Å². The van der Waals surface area contributed by atoms with Crippen LogP contribution in [-0.2, 0) is 33.4 Å². The molecule has 0 aliphatic rings. The van der Waals surface area contributed by atoms with Gasteiger partial charge in [0, 0.05) is 0 Å². The summed E-state index contributed by atoms with van der Waals surface area (Å²) in [6.07, 6.45) is 0. The average Bonchev–Trinajstić information content (AvgIpc) is 2.16. The normalized spacial score (nSPS) is 12.6. The molecule has 0 saturated carbocycles. The quantitative estimate of drug-likeness (QED) is 0.574. The molecule has 96 valence electrons. The summed E-state index contributed by atoms with van der Waals surface area (Å²) in [5.74, 6) is 0. The molecular formula is C8H10O7S2. The second-order valence-electron chi connectivity index (χ2n) is 2.98. The van der Waals surface area contributed by atoms with Crippen molar-refractivity contribution in [1.82, 2.24) is 0 Å². The van der Waals surface area contributed by atoms with Gasteiger partial charge in [-0.15, -0.1) is 3.63 Å². The van der Waals surface area contributed by atoms with E-state index in [4.69, 9.17) is 0 Å². The summed E-state index contributed by atoms with van der Waals surface area (Å²) in [4.78, 5) is 3.53. The van der Waals surface area contributed by atoms with Crippen LogP contribution in [0, 0.1) is 6.92 Å². The Hall–Kier alpha value is -1.00. The molecule has 0 aromatic heterocycles. The van der Waals surface area contributed by atoms with Gasteiger partial charge in [0.15, 0.2) is 0 Å². The smallest absolute Gasteiger partial charge is 0.221 e. The lowest BCUT2D eigenvalue weighted by Gasteiger charge is -2.04. The highest BCUT2D eigenvalue weighted by molar-refractivity contribution is 7.97. The van der Waals surface area contributed by atoms with Gasteiger partial charge in [-0.3, -0.25) is 0 Å². The van der Waals surface area contributed by atoms with Crippen LogP contribution in [-0.4, -0.2) is 23.9 Å². The molecule has 9 heteroatoms. The zero-order valence-electron chi connectivity index (χ0n) is 8.98. The Morgan fingerprint density at radius 3 is 2.00 bits per heavy atom. The van der Waals surface area contributed by atoms with Crippen molar-refractivity contribution in [2.24, 2.45) is 0 Å². The van der Waals surface area contributed by atoms with Gasteiger partial charge in [-0.2, -0.15) is 16.8 Å². The number of benzene rings is 1. The Balaban J connectivity index is 3.01. The van der Waals surface area contributed by atoms with Crippen LogP contribution in [0.5, 0.6) is 0 Å². The molecule has 0 spiro atoms. The van der Waals surface area contributed by atoms with Gasteiger partial charge in [0.1, 0.15) is 0 Å². The van der Waals surface area contributed by atoms with Crippen LogP contribution in [0.25, 0.3) is 0 Å². The van der Waals surface area contributed by atoms with Crippen molar-refractivity contribution in [3.8, 4) is 0 Å². The molecule has 0 N–H and O–H groups in total. The first-order valence-electron chi connectivity index (χ1n) is 4.27. The SMILES string of the molecule is COOS(=O)(=O)OS(=O)(=O)c1ccc(C)cc1. The molecule has 0 fully saturated rings. The van der Waals surface area contributed by atoms with E-state index in [-0.39, 0.29) is 4.90 Å². The highest BCUT2D eigenvalue weighted by atomic mass is 32.3. The van der Waals surface area contributed by atoms with Crippen LogP contribution in [0.2, 0.25) is 0 Å². The Labute approximate surface area is 99.3 Å². The van der Waals surface area contributed by atoms with E-state index in [0.717, 1.165) is 12.7 Å². The highest BCUT2D eigenvalue weighted by Gasteiger charge is 2.26. The summed E-state index contributed by atoms with van der Waals surface area (Å²) in [6, 6.07) is 5.43. The molecule has 1 aromatic rings. The Morgan fingerprint density at radius 1 is 1.00 bits per heavy atom. The molecule has 0 aliphatic carbocycles. The molecule has 0 unspecified atom stereocenters. The monoisotopic (exact) mass is 282 g/mol. The molecule has 0 radical (unpaired) electrons. The third-order valence-corrected chi connectivity index (χ3v) is 4.17. The maximum absolute atomic E-state index is 11.5. The van der Waals surface area contributed by atoms with Gasteiger partial charge < -0.3 is 0 Å². The first-order chi connectivity index (χ1) is 7.77. The van der Waals surface area contributed by atoms with E-state index < -0.39 is 20.5 Å². The third kappa shape index (κ3) is 4.06. The summed E-state index contributed by atoms with van der Waals surface area (Å²) in [5, 5.41) is 0. The Morgan fingerprint density at radius 2 is 1.53 bits per heavy atom. The lowest BCUT2D eigenvalue weighted by atomic mass is 10.2. The Kier molecular flexibility index (Phi) is 4.22. The minimum absolute atomic E-state index is 0.300. The summed E-state index contributed by atoms with van der Waals surface area (Å²) in [7, 11) is -8.31. The number of hydrogen-bond acceptors (Lipinski definition) is 7. The molecular weight excluding hydrogens is 272 g/mol. The van der Waals surface area contributed by atoms with Gasteiger partial charge in [0.05, 0.1) is 12.0 Å². The van der Waals surface area contributed by atoms with E-state index in [1.807, 2.05) is 0 Å². The van der Waals surface area contributed by atoms with Crippen LogP contribution < -0.4 is 0 Å². The number of rotatable bonds is 5. The molecule has 0 amide bonds. The van der Waals surface area contributed by atoms with Crippen molar-refractivity contribution in [2.75, 3.05) is 7.11 Å². The standard InChI is InChI=1S/C8H10O7S2/c1-7-3-5-8(6-4-7)16(9,10)15-17(11,12)14-13-2/h3-6H,1-2H3. The third-order valence-electron chi connectivity index (χ3n) is 1.63. The second kappa shape index (κ2) is 5.10. The van der Waals surface area contributed by atoms with E-state index in [9.17, 15) is 16.8 Å². The zero-order valence-corrected chi connectivity index (χ0v) is 10.6. The van der Waals surface area contributed by atoms with Gasteiger partial charge in [0.2, 0.25) is 0 Å². The van der Waals surface area contributed by atoms with Gasteiger partial charge in [0.25, 0.3) is 0 Å². The first kappa shape index (κ1) is 14.1. The van der Waals surface area contributed by atoms with Crippen molar-refractivity contribution in [3.05, 3.63) is 29.8 Å². The molecule has 1 aromatic carbocycles. The average molecular weight is 282 g/mol. The molecule has 0 heterocycles. The largest absolute Gasteiger partial charge is 0.441 e. The van der Waals surface area contributed by atoms with Gasteiger partial charge in [-0.25, -0.2) is 4.89 Å². The van der Waals surface area contributed by atoms with Gasteiger partial charge >= 0.3 is 20.5 Å². The number of hydrogen-bond donors (Lipinski definition) is 0. The van der Waals surface area contributed by atoms with E-state index >= 15 is 0 Å². The molecule has 0 aliphatic heterocycles. The summed E-state index contributed by atoms with van der Waals surface area (Å²) >= 11 is 0. The van der Waals surface area contributed by atoms with Gasteiger partial charge in [-0.1, -0.05) is 22.0 Å². The zero-order chi connectivity index (χ0) is 13.1. The van der Waals surface area contributed by atoms with Crippen molar-refractivity contribution in [3.63, 3.8) is 0 Å². The molecule has 0 saturated heterocycles. The predicted molar refractivity (Wildman–Crippen MR) is 56.5 cm³/mol. The second-order valence-corrected chi connectivity index (χ2v) is 5.85. The Bertz CT molecular complexity index is 571.